The maximum Gasteiger partial charge on any atom is 0.273 e. The predicted octanol–water partition coefficient (Wildman–Crippen LogP) is -0.465. The highest BCUT2D eigenvalue weighted by Gasteiger charge is 2.23. The molecule has 1 aromatic carbocycles. The van der Waals surface area contributed by atoms with Crippen molar-refractivity contribution < 1.29 is 23.6 Å². The molecule has 0 amide bonds. The van der Waals surface area contributed by atoms with Crippen LogP contribution in [-0.2, 0) is 10.0 Å². The minimum atomic E-state index is -3.98. The van der Waals surface area contributed by atoms with Gasteiger partial charge in [0.1, 0.15) is 0 Å². The summed E-state index contributed by atoms with van der Waals surface area (Å²) in [5.74, 6) is 0. The van der Waals surface area contributed by atoms with E-state index in [0.717, 1.165) is 0 Å². The van der Waals surface area contributed by atoms with Crippen LogP contribution in [0, 0.1) is 17.0 Å². The zero-order valence-corrected chi connectivity index (χ0v) is 10.9. The third-order valence-electron chi connectivity index (χ3n) is 2.46. The van der Waals surface area contributed by atoms with Crippen LogP contribution in [0.15, 0.2) is 23.1 Å². The summed E-state index contributed by atoms with van der Waals surface area (Å²) in [6, 6.07) is 3.70. The van der Waals surface area contributed by atoms with E-state index in [1.165, 1.54) is 25.1 Å². The molecule has 0 heterocycles. The van der Waals surface area contributed by atoms with Gasteiger partial charge in [0.2, 0.25) is 10.0 Å². The lowest BCUT2D eigenvalue weighted by Gasteiger charge is -2.11. The van der Waals surface area contributed by atoms with Gasteiger partial charge >= 0.3 is 0 Å². The average Bonchev–Trinajstić information content (AvgIpc) is 2.35. The van der Waals surface area contributed by atoms with Crippen molar-refractivity contribution in [1.29, 1.82) is 0 Å². The Hall–Kier alpha value is -1.55. The van der Waals surface area contributed by atoms with Crippen LogP contribution in [0.3, 0.4) is 0 Å². The van der Waals surface area contributed by atoms with Gasteiger partial charge in [-0.25, -0.2) is 13.1 Å². The number of benzene rings is 1. The lowest BCUT2D eigenvalue weighted by Crippen LogP contribution is -2.34. The Labute approximate surface area is 109 Å². The number of nitrogens with zero attached hydrogens (tertiary/aromatic N) is 1. The summed E-state index contributed by atoms with van der Waals surface area (Å²) < 4.78 is 25.9. The molecule has 0 aromatic heterocycles. The molecule has 106 valence electrons. The van der Waals surface area contributed by atoms with Crippen molar-refractivity contribution in [3.8, 4) is 0 Å². The molecule has 19 heavy (non-hydrogen) atoms. The van der Waals surface area contributed by atoms with Crippen molar-refractivity contribution >= 4 is 15.7 Å². The third-order valence-corrected chi connectivity index (χ3v) is 4.03. The number of aliphatic hydroxyl groups excluding tert-OH is 2. The second-order valence-electron chi connectivity index (χ2n) is 3.85. The van der Waals surface area contributed by atoms with Gasteiger partial charge in [0.15, 0.2) is 0 Å². The second-order valence-corrected chi connectivity index (χ2v) is 5.58. The Bertz CT molecular complexity index is 571. The molecule has 1 unspecified atom stereocenters. The molecule has 1 aromatic rings. The number of nitro groups is 1. The molecule has 0 spiro atoms. The van der Waals surface area contributed by atoms with Crippen LogP contribution in [0.4, 0.5) is 5.69 Å². The molecule has 0 fully saturated rings. The van der Waals surface area contributed by atoms with E-state index in [9.17, 15) is 18.5 Å². The van der Waals surface area contributed by atoms with Gasteiger partial charge in [0.05, 0.1) is 22.5 Å². The molecule has 9 heteroatoms. The van der Waals surface area contributed by atoms with Crippen LogP contribution in [0.1, 0.15) is 5.56 Å². The number of sulfonamides is 1. The van der Waals surface area contributed by atoms with E-state index in [0.29, 0.717) is 0 Å². The monoisotopic (exact) mass is 290 g/mol. The Morgan fingerprint density at radius 2 is 2.11 bits per heavy atom. The highest BCUT2D eigenvalue weighted by Crippen LogP contribution is 2.24. The summed E-state index contributed by atoms with van der Waals surface area (Å²) in [7, 11) is -3.98. The summed E-state index contributed by atoms with van der Waals surface area (Å²) in [6.07, 6.45) is -1.23. The first-order chi connectivity index (χ1) is 8.79. The lowest BCUT2D eigenvalue weighted by atomic mass is 10.2. The highest BCUT2D eigenvalue weighted by molar-refractivity contribution is 7.89. The first kappa shape index (κ1) is 15.5. The predicted molar refractivity (Wildman–Crippen MR) is 66.1 cm³/mol. The van der Waals surface area contributed by atoms with Crippen LogP contribution >= 0.6 is 0 Å². The average molecular weight is 290 g/mol. The fourth-order valence-electron chi connectivity index (χ4n) is 1.44. The van der Waals surface area contributed by atoms with Crippen molar-refractivity contribution in [3.05, 3.63) is 33.9 Å². The summed E-state index contributed by atoms with van der Waals surface area (Å²) in [4.78, 5) is 9.83. The molecular formula is C10H14N2O6S. The molecular weight excluding hydrogens is 276 g/mol. The second kappa shape index (κ2) is 6.06. The zero-order valence-electron chi connectivity index (χ0n) is 10.1. The number of rotatable bonds is 6. The number of hydrogen-bond donors (Lipinski definition) is 3. The van der Waals surface area contributed by atoms with E-state index in [4.69, 9.17) is 10.2 Å². The quantitative estimate of drug-likeness (QED) is 0.480. The van der Waals surface area contributed by atoms with Gasteiger partial charge in [-0.05, 0) is 13.0 Å². The summed E-state index contributed by atoms with van der Waals surface area (Å²) in [6.45, 7) is 0.368. The smallest absolute Gasteiger partial charge is 0.273 e. The number of nitro benzene ring substituents is 1. The van der Waals surface area contributed by atoms with Gasteiger partial charge in [-0.3, -0.25) is 10.1 Å². The van der Waals surface area contributed by atoms with Crippen molar-refractivity contribution in [2.75, 3.05) is 13.2 Å². The minimum absolute atomic E-state index is 0.0125. The standard InChI is InChI=1S/C10H14N2O6S/c1-7-9(12(15)16)3-2-4-10(7)19(17,18)11-5-8(14)6-13/h2-4,8,11,13-14H,5-6H2,1H3. The zero-order chi connectivity index (χ0) is 14.6. The molecule has 8 nitrogen and oxygen atoms in total. The van der Waals surface area contributed by atoms with Crippen molar-refractivity contribution in [2.45, 2.75) is 17.9 Å². The van der Waals surface area contributed by atoms with E-state index in [2.05, 4.69) is 4.72 Å². The first-order valence-corrected chi connectivity index (χ1v) is 6.80. The normalized spacial score (nSPS) is 13.2. The van der Waals surface area contributed by atoms with Crippen molar-refractivity contribution in [2.24, 2.45) is 0 Å². The first-order valence-electron chi connectivity index (χ1n) is 5.32. The molecule has 0 aliphatic heterocycles. The van der Waals surface area contributed by atoms with Crippen LogP contribution in [-0.4, -0.2) is 42.8 Å². The van der Waals surface area contributed by atoms with Crippen LogP contribution < -0.4 is 4.72 Å². The van der Waals surface area contributed by atoms with Gasteiger partial charge in [0, 0.05) is 18.2 Å². The highest BCUT2D eigenvalue weighted by atomic mass is 32.2. The van der Waals surface area contributed by atoms with Gasteiger partial charge < -0.3 is 10.2 Å². The van der Waals surface area contributed by atoms with Gasteiger partial charge in [0.25, 0.3) is 5.69 Å². The molecule has 0 saturated heterocycles. The Balaban J connectivity index is 3.09. The molecule has 0 saturated carbocycles. The number of nitrogens with one attached hydrogen (secondary N) is 1. The lowest BCUT2D eigenvalue weighted by molar-refractivity contribution is -0.385. The largest absolute Gasteiger partial charge is 0.394 e. The topological polar surface area (TPSA) is 130 Å². The molecule has 1 atom stereocenters. The van der Waals surface area contributed by atoms with Crippen LogP contribution in [0.2, 0.25) is 0 Å². The number of hydrogen-bond acceptors (Lipinski definition) is 6. The summed E-state index contributed by atoms with van der Waals surface area (Å²) >= 11 is 0. The molecule has 0 bridgehead atoms. The van der Waals surface area contributed by atoms with Gasteiger partial charge in [-0.1, -0.05) is 6.07 Å². The minimum Gasteiger partial charge on any atom is -0.394 e. The van der Waals surface area contributed by atoms with Crippen molar-refractivity contribution in [3.63, 3.8) is 0 Å². The Morgan fingerprint density at radius 1 is 1.47 bits per heavy atom. The fraction of sp³-hybridized carbons (Fsp3) is 0.400. The Morgan fingerprint density at radius 3 is 2.63 bits per heavy atom. The third kappa shape index (κ3) is 3.70. The van der Waals surface area contributed by atoms with E-state index in [1.54, 1.807) is 0 Å². The van der Waals surface area contributed by atoms with E-state index >= 15 is 0 Å². The van der Waals surface area contributed by atoms with Crippen molar-refractivity contribution in [1.82, 2.24) is 4.72 Å². The molecule has 0 aliphatic rings. The van der Waals surface area contributed by atoms with Crippen LogP contribution in [0.5, 0.6) is 0 Å². The molecule has 1 rings (SSSR count). The summed E-state index contributed by atoms with van der Waals surface area (Å²) in [5.41, 5.74) is -0.288. The summed E-state index contributed by atoms with van der Waals surface area (Å²) in [5, 5.41) is 28.4. The fourth-order valence-corrected chi connectivity index (χ4v) is 2.77. The molecule has 3 N–H and O–H groups in total. The maximum atomic E-state index is 11.9. The Kier molecular flexibility index (Phi) is 4.95. The maximum absolute atomic E-state index is 11.9. The van der Waals surface area contributed by atoms with E-state index < -0.39 is 27.7 Å². The molecule has 0 aliphatic carbocycles. The molecule has 0 radical (unpaired) electrons. The van der Waals surface area contributed by atoms with E-state index in [1.807, 2.05) is 0 Å². The number of aliphatic hydroxyl groups is 2. The van der Waals surface area contributed by atoms with E-state index in [-0.39, 0.29) is 22.7 Å². The van der Waals surface area contributed by atoms with Gasteiger partial charge in [-0.2, -0.15) is 0 Å². The van der Waals surface area contributed by atoms with Gasteiger partial charge in [-0.15, -0.1) is 0 Å². The van der Waals surface area contributed by atoms with Crippen LogP contribution in [0.25, 0.3) is 0 Å². The SMILES string of the molecule is Cc1c([N+](=O)[O-])cccc1S(=O)(=O)NCC(O)CO.